The Bertz CT molecular complexity index is 1100. The number of Topliss-reactive ketones (excluding diaryl/α,β-unsaturated/α-hetero) is 1. The van der Waals surface area contributed by atoms with Gasteiger partial charge in [-0.15, -0.1) is 0 Å². The maximum atomic E-state index is 13.0. The molecule has 8 nitrogen and oxygen atoms in total. The van der Waals surface area contributed by atoms with Crippen molar-refractivity contribution in [3.8, 4) is 11.3 Å². The molecule has 0 radical (unpaired) electrons. The van der Waals surface area contributed by atoms with Gasteiger partial charge in [0.15, 0.2) is 5.78 Å². The molecule has 188 valence electrons. The lowest BCUT2D eigenvalue weighted by atomic mass is 9.97. The highest BCUT2D eigenvalue weighted by Gasteiger charge is 2.27. The zero-order valence-electron chi connectivity index (χ0n) is 20.0. The average molecular weight is 502 g/mol. The van der Waals surface area contributed by atoms with Crippen molar-refractivity contribution >= 4 is 29.3 Å². The summed E-state index contributed by atoms with van der Waals surface area (Å²) in [6, 6.07) is 8.52. The number of likely N-dealkylation sites (tertiary alicyclic amines) is 1. The van der Waals surface area contributed by atoms with Gasteiger partial charge >= 0.3 is 5.97 Å². The third-order valence-corrected chi connectivity index (χ3v) is 6.63. The van der Waals surface area contributed by atoms with E-state index in [4.69, 9.17) is 21.7 Å². The van der Waals surface area contributed by atoms with Gasteiger partial charge in [0, 0.05) is 49.0 Å². The van der Waals surface area contributed by atoms with Crippen LogP contribution in [0, 0.1) is 5.92 Å². The summed E-state index contributed by atoms with van der Waals surface area (Å²) in [4.78, 5) is 55.6. The Morgan fingerprint density at radius 1 is 1.09 bits per heavy atom. The number of carboxylic acids is 1. The molecule has 0 bridgehead atoms. The molecule has 2 aromatic rings. The number of hydrogen-bond acceptors (Lipinski definition) is 5. The fourth-order valence-electron chi connectivity index (χ4n) is 4.25. The van der Waals surface area contributed by atoms with E-state index < -0.39 is 11.9 Å². The van der Waals surface area contributed by atoms with E-state index in [0.29, 0.717) is 48.9 Å². The van der Waals surface area contributed by atoms with Crippen molar-refractivity contribution in [1.82, 2.24) is 14.5 Å². The van der Waals surface area contributed by atoms with Gasteiger partial charge in [-0.3, -0.25) is 23.7 Å². The maximum absolute atomic E-state index is 13.0. The third-order valence-electron chi connectivity index (χ3n) is 6.38. The predicted octanol–water partition coefficient (Wildman–Crippen LogP) is 3.97. The van der Waals surface area contributed by atoms with Crippen LogP contribution in [0.4, 0.5) is 0 Å². The number of hydrogen-bond donors (Lipinski definition) is 1. The minimum Gasteiger partial charge on any atom is -0.481 e. The molecule has 1 aromatic carbocycles. The van der Waals surface area contributed by atoms with Gasteiger partial charge in [-0.1, -0.05) is 43.5 Å². The number of ketones is 1. The summed E-state index contributed by atoms with van der Waals surface area (Å²) in [6.07, 6.45) is 4.37. The van der Waals surface area contributed by atoms with Crippen molar-refractivity contribution in [3.05, 3.63) is 51.5 Å². The SMILES string of the molecule is CCCCCc1nc(-c2ccc(Cl)cc2)cc(=O)n1CC(=O)CCC(=O)N1CCC(C(=O)O)CC1. The number of aliphatic carboxylic acids is 1. The van der Waals surface area contributed by atoms with Crippen LogP contribution < -0.4 is 5.56 Å². The monoisotopic (exact) mass is 501 g/mol. The van der Waals surface area contributed by atoms with E-state index in [1.54, 1.807) is 29.2 Å². The Morgan fingerprint density at radius 3 is 2.40 bits per heavy atom. The molecule has 0 spiro atoms. The number of rotatable bonds is 11. The van der Waals surface area contributed by atoms with E-state index in [0.717, 1.165) is 24.8 Å². The van der Waals surface area contributed by atoms with Gasteiger partial charge in [0.1, 0.15) is 5.82 Å². The summed E-state index contributed by atoms with van der Waals surface area (Å²) in [5.41, 5.74) is 1.02. The summed E-state index contributed by atoms with van der Waals surface area (Å²) in [6.45, 7) is 2.75. The van der Waals surface area contributed by atoms with Crippen LogP contribution in [-0.4, -0.2) is 50.3 Å². The van der Waals surface area contributed by atoms with Gasteiger partial charge in [-0.05, 0) is 31.4 Å². The molecular formula is C26H32ClN3O5. The number of amides is 1. The lowest BCUT2D eigenvalue weighted by Gasteiger charge is -2.30. The van der Waals surface area contributed by atoms with Crippen LogP contribution >= 0.6 is 11.6 Å². The third kappa shape index (κ3) is 7.49. The number of carbonyl (C=O) groups excluding carboxylic acids is 2. The van der Waals surface area contributed by atoms with Crippen molar-refractivity contribution in [3.63, 3.8) is 0 Å². The molecule has 0 atom stereocenters. The van der Waals surface area contributed by atoms with E-state index in [-0.39, 0.29) is 36.6 Å². The first-order chi connectivity index (χ1) is 16.8. The fraction of sp³-hybridized carbons (Fsp3) is 0.500. The van der Waals surface area contributed by atoms with Crippen LogP contribution in [0.3, 0.4) is 0 Å². The van der Waals surface area contributed by atoms with E-state index in [1.807, 2.05) is 0 Å². The second-order valence-electron chi connectivity index (χ2n) is 8.98. The van der Waals surface area contributed by atoms with Crippen LogP contribution in [0.2, 0.25) is 5.02 Å². The number of carbonyl (C=O) groups is 3. The first kappa shape index (κ1) is 26.6. The van der Waals surface area contributed by atoms with E-state index in [9.17, 15) is 19.2 Å². The maximum Gasteiger partial charge on any atom is 0.306 e. The Balaban J connectivity index is 1.66. The molecule has 3 rings (SSSR count). The molecule has 0 unspecified atom stereocenters. The summed E-state index contributed by atoms with van der Waals surface area (Å²) in [5, 5.41) is 9.69. The second-order valence-corrected chi connectivity index (χ2v) is 9.41. The number of benzene rings is 1. The first-order valence-corrected chi connectivity index (χ1v) is 12.5. The summed E-state index contributed by atoms with van der Waals surface area (Å²) in [5.74, 6) is -1.05. The molecular weight excluding hydrogens is 470 g/mol. The normalized spacial score (nSPS) is 14.2. The predicted molar refractivity (Wildman–Crippen MR) is 133 cm³/mol. The van der Waals surface area contributed by atoms with Gasteiger partial charge in [-0.25, -0.2) is 4.98 Å². The highest BCUT2D eigenvalue weighted by molar-refractivity contribution is 6.30. The van der Waals surface area contributed by atoms with E-state index in [2.05, 4.69) is 6.92 Å². The van der Waals surface area contributed by atoms with Crippen LogP contribution in [0.5, 0.6) is 0 Å². The highest BCUT2D eigenvalue weighted by Crippen LogP contribution is 2.20. The molecule has 2 heterocycles. The Morgan fingerprint density at radius 2 is 1.77 bits per heavy atom. The van der Waals surface area contributed by atoms with Crippen LogP contribution in [0.25, 0.3) is 11.3 Å². The van der Waals surface area contributed by atoms with Crippen molar-refractivity contribution in [2.24, 2.45) is 5.92 Å². The zero-order chi connectivity index (χ0) is 25.4. The van der Waals surface area contributed by atoms with Crippen molar-refractivity contribution < 1.29 is 19.5 Å². The quantitative estimate of drug-likeness (QED) is 0.466. The minimum atomic E-state index is -0.830. The van der Waals surface area contributed by atoms with Gasteiger partial charge < -0.3 is 10.0 Å². The van der Waals surface area contributed by atoms with Crippen LogP contribution in [0.1, 0.15) is 57.7 Å². The highest BCUT2D eigenvalue weighted by atomic mass is 35.5. The number of aryl methyl sites for hydroxylation is 1. The fourth-order valence-corrected chi connectivity index (χ4v) is 4.38. The van der Waals surface area contributed by atoms with Gasteiger partial charge in [0.05, 0.1) is 18.2 Å². The number of aromatic nitrogens is 2. The molecule has 35 heavy (non-hydrogen) atoms. The van der Waals surface area contributed by atoms with Crippen molar-refractivity contribution in [1.29, 1.82) is 0 Å². The second kappa shape index (κ2) is 12.6. The van der Waals surface area contributed by atoms with E-state index in [1.165, 1.54) is 10.6 Å². The standard InChI is InChI=1S/C26H32ClN3O5/c1-2-3-4-5-23-28-22(18-6-8-20(27)9-7-18)16-25(33)30(23)17-21(31)10-11-24(32)29-14-12-19(13-15-29)26(34)35/h6-9,16,19H,2-5,10-15,17H2,1H3,(H,34,35). The largest absolute Gasteiger partial charge is 0.481 e. The molecule has 1 amide bonds. The number of unbranched alkanes of at least 4 members (excludes halogenated alkanes) is 2. The molecule has 1 aliphatic heterocycles. The molecule has 0 saturated carbocycles. The number of nitrogens with zero attached hydrogens (tertiary/aromatic N) is 3. The lowest BCUT2D eigenvalue weighted by Crippen LogP contribution is -2.40. The van der Waals surface area contributed by atoms with E-state index >= 15 is 0 Å². The van der Waals surface area contributed by atoms with Crippen LogP contribution in [-0.2, 0) is 27.3 Å². The first-order valence-electron chi connectivity index (χ1n) is 12.2. The van der Waals surface area contributed by atoms with Crippen LogP contribution in [0.15, 0.2) is 35.1 Å². The lowest BCUT2D eigenvalue weighted by molar-refractivity contribution is -0.145. The van der Waals surface area contributed by atoms with Gasteiger partial charge in [0.2, 0.25) is 5.91 Å². The molecule has 0 aliphatic carbocycles. The Hall–Kier alpha value is -3.00. The minimum absolute atomic E-state index is 0.0253. The molecule has 9 heteroatoms. The smallest absolute Gasteiger partial charge is 0.306 e. The van der Waals surface area contributed by atoms with Gasteiger partial charge in [-0.2, -0.15) is 0 Å². The number of carboxylic acid groups (broad SMARTS) is 1. The summed E-state index contributed by atoms with van der Waals surface area (Å²) in [7, 11) is 0. The number of piperidine rings is 1. The summed E-state index contributed by atoms with van der Waals surface area (Å²) < 4.78 is 1.42. The Kier molecular flexibility index (Phi) is 9.60. The van der Waals surface area contributed by atoms with Crippen molar-refractivity contribution in [2.75, 3.05) is 13.1 Å². The molecule has 1 aliphatic rings. The molecule has 1 N–H and O–H groups in total. The molecule has 1 fully saturated rings. The zero-order valence-corrected chi connectivity index (χ0v) is 20.8. The Labute approximate surface area is 209 Å². The topological polar surface area (TPSA) is 110 Å². The molecule has 1 aromatic heterocycles. The van der Waals surface area contributed by atoms with Gasteiger partial charge in [0.25, 0.3) is 5.56 Å². The average Bonchev–Trinajstić information content (AvgIpc) is 2.85. The molecule has 1 saturated heterocycles. The summed E-state index contributed by atoms with van der Waals surface area (Å²) >= 11 is 5.97. The van der Waals surface area contributed by atoms with Crippen molar-refractivity contribution in [2.45, 2.75) is 64.8 Å². The number of halogens is 1.